The van der Waals surface area contributed by atoms with Crippen molar-refractivity contribution in [2.45, 2.75) is 33.1 Å². The van der Waals surface area contributed by atoms with Crippen molar-refractivity contribution in [3.05, 3.63) is 65.3 Å². The van der Waals surface area contributed by atoms with Gasteiger partial charge in [-0.2, -0.15) is 0 Å². The third kappa shape index (κ3) is 4.98. The van der Waals surface area contributed by atoms with Crippen molar-refractivity contribution in [3.8, 4) is 22.8 Å². The van der Waals surface area contributed by atoms with Gasteiger partial charge in [-0.05, 0) is 35.6 Å². The van der Waals surface area contributed by atoms with E-state index in [-0.39, 0.29) is 17.9 Å². The molecule has 6 nitrogen and oxygen atoms in total. The predicted molar refractivity (Wildman–Crippen MR) is 133 cm³/mol. The molecule has 7 heteroatoms. The van der Waals surface area contributed by atoms with Gasteiger partial charge >= 0.3 is 0 Å². The number of ether oxygens (including phenoxy) is 2. The summed E-state index contributed by atoms with van der Waals surface area (Å²) in [7, 11) is 1.58. The molecule has 0 aliphatic carbocycles. The quantitative estimate of drug-likeness (QED) is 0.382. The first-order valence-corrected chi connectivity index (χ1v) is 11.5. The molecule has 2 aromatic carbocycles. The van der Waals surface area contributed by atoms with Gasteiger partial charge in [0.15, 0.2) is 6.61 Å². The van der Waals surface area contributed by atoms with Gasteiger partial charge < -0.3 is 14.8 Å². The van der Waals surface area contributed by atoms with Gasteiger partial charge in [0.1, 0.15) is 16.9 Å². The topological polar surface area (TPSA) is 73.3 Å². The maximum Gasteiger partial charge on any atom is 0.262 e. The molecular formula is C26H27N3O3S. The number of nitrogens with zero attached hydrogens (tertiary/aromatic N) is 2. The minimum absolute atomic E-state index is 0.0554. The fraction of sp³-hybridized carbons (Fsp3) is 0.269. The third-order valence-corrected chi connectivity index (χ3v) is 6.26. The number of carbonyl (C=O) groups excluding carboxylic acids is 1. The summed E-state index contributed by atoms with van der Waals surface area (Å²) in [6.45, 7) is 8.24. The summed E-state index contributed by atoms with van der Waals surface area (Å²) in [6.07, 6.45) is 1.46. The van der Waals surface area contributed by atoms with Crippen molar-refractivity contribution >= 4 is 33.1 Å². The number of benzene rings is 2. The van der Waals surface area contributed by atoms with E-state index in [1.54, 1.807) is 7.11 Å². The van der Waals surface area contributed by atoms with E-state index in [9.17, 15) is 4.79 Å². The number of methoxy groups -OCH3 is 1. The van der Waals surface area contributed by atoms with Crippen molar-refractivity contribution in [2.24, 2.45) is 0 Å². The Bertz CT molecular complexity index is 1290. The summed E-state index contributed by atoms with van der Waals surface area (Å²) in [5.41, 5.74) is 4.89. The molecular weight excluding hydrogens is 434 g/mol. The summed E-state index contributed by atoms with van der Waals surface area (Å²) >= 11 is 1.52. The predicted octanol–water partition coefficient (Wildman–Crippen LogP) is 5.99. The molecule has 0 fully saturated rings. The first-order valence-electron chi connectivity index (χ1n) is 10.7. The Morgan fingerprint density at radius 1 is 1.09 bits per heavy atom. The molecule has 170 valence electrons. The molecule has 1 N–H and O–H groups in total. The van der Waals surface area contributed by atoms with E-state index in [2.05, 4.69) is 67.2 Å². The number of fused-ring (bicyclic) bond motifs is 1. The van der Waals surface area contributed by atoms with Crippen LogP contribution >= 0.6 is 11.3 Å². The van der Waals surface area contributed by atoms with Crippen LogP contribution in [0.15, 0.2) is 54.2 Å². The largest absolute Gasteiger partial charge is 0.495 e. The van der Waals surface area contributed by atoms with Gasteiger partial charge in [-0.15, -0.1) is 11.3 Å². The SMILES string of the molecule is COc1ccc(C(C)(C)C)cc1NC(=O)COc1ncnc2scc(-c3ccc(C)cc3)c12. The lowest BCUT2D eigenvalue weighted by Gasteiger charge is -2.21. The first-order chi connectivity index (χ1) is 15.8. The molecule has 0 bridgehead atoms. The second kappa shape index (κ2) is 9.19. The van der Waals surface area contributed by atoms with Gasteiger partial charge in [0.25, 0.3) is 5.91 Å². The van der Waals surface area contributed by atoms with Crippen LogP contribution < -0.4 is 14.8 Å². The average molecular weight is 462 g/mol. The number of thiophene rings is 1. The van der Waals surface area contributed by atoms with Gasteiger partial charge in [0.2, 0.25) is 5.88 Å². The zero-order valence-corrected chi connectivity index (χ0v) is 20.2. The van der Waals surface area contributed by atoms with Crippen LogP contribution in [0.3, 0.4) is 0 Å². The van der Waals surface area contributed by atoms with Crippen molar-refractivity contribution in [3.63, 3.8) is 0 Å². The van der Waals surface area contributed by atoms with Crippen molar-refractivity contribution in [1.29, 1.82) is 0 Å². The number of carbonyl (C=O) groups is 1. The Morgan fingerprint density at radius 3 is 2.55 bits per heavy atom. The molecule has 0 aliphatic heterocycles. The standard InChI is InChI=1S/C26H27N3O3S/c1-16-6-8-17(9-7-16)19-14-33-25-23(19)24(27-15-28-25)32-13-22(30)29-20-12-18(26(2,3)4)10-11-21(20)31-5/h6-12,14-15H,13H2,1-5H3,(H,29,30). The molecule has 0 unspecified atom stereocenters. The highest BCUT2D eigenvalue weighted by Crippen LogP contribution is 2.37. The van der Waals surface area contributed by atoms with Crippen molar-refractivity contribution in [2.75, 3.05) is 19.0 Å². The Labute approximate surface area is 197 Å². The number of hydrogen-bond donors (Lipinski definition) is 1. The molecule has 2 heterocycles. The Kier molecular flexibility index (Phi) is 6.33. The lowest BCUT2D eigenvalue weighted by molar-refractivity contribution is -0.118. The van der Waals surface area contributed by atoms with Crippen LogP contribution in [-0.2, 0) is 10.2 Å². The fourth-order valence-electron chi connectivity index (χ4n) is 3.50. The zero-order chi connectivity index (χ0) is 23.6. The number of aromatic nitrogens is 2. The number of nitrogens with one attached hydrogen (secondary N) is 1. The van der Waals surface area contributed by atoms with E-state index in [0.29, 0.717) is 17.3 Å². The van der Waals surface area contributed by atoms with Gasteiger partial charge in [0.05, 0.1) is 18.2 Å². The van der Waals surface area contributed by atoms with Crippen LogP contribution in [0.2, 0.25) is 0 Å². The summed E-state index contributed by atoms with van der Waals surface area (Å²) in [5, 5.41) is 5.76. The summed E-state index contributed by atoms with van der Waals surface area (Å²) in [4.78, 5) is 22.2. The smallest absolute Gasteiger partial charge is 0.262 e. The van der Waals surface area contributed by atoms with Crippen molar-refractivity contribution < 1.29 is 14.3 Å². The van der Waals surface area contributed by atoms with E-state index in [0.717, 1.165) is 26.9 Å². The first kappa shape index (κ1) is 22.7. The molecule has 0 aliphatic rings. The van der Waals surface area contributed by atoms with Crippen LogP contribution in [-0.4, -0.2) is 29.6 Å². The molecule has 33 heavy (non-hydrogen) atoms. The van der Waals surface area contributed by atoms with Crippen LogP contribution in [0.5, 0.6) is 11.6 Å². The number of amides is 1. The summed E-state index contributed by atoms with van der Waals surface area (Å²) < 4.78 is 11.3. The Balaban J connectivity index is 1.55. The van der Waals surface area contributed by atoms with Gasteiger partial charge in [-0.25, -0.2) is 9.97 Å². The number of aryl methyl sites for hydroxylation is 1. The second-order valence-electron chi connectivity index (χ2n) is 8.88. The summed E-state index contributed by atoms with van der Waals surface area (Å²) in [6, 6.07) is 14.1. The molecule has 0 atom stereocenters. The Hall–Kier alpha value is -3.45. The molecule has 0 spiro atoms. The minimum atomic E-state index is -0.293. The average Bonchev–Trinajstić information content (AvgIpc) is 3.22. The second-order valence-corrected chi connectivity index (χ2v) is 9.73. The normalized spacial score (nSPS) is 11.4. The molecule has 4 rings (SSSR count). The lowest BCUT2D eigenvalue weighted by Crippen LogP contribution is -2.21. The highest BCUT2D eigenvalue weighted by molar-refractivity contribution is 7.17. The van der Waals surface area contributed by atoms with Gasteiger partial charge in [0, 0.05) is 10.9 Å². The van der Waals surface area contributed by atoms with Crippen LogP contribution in [0, 0.1) is 6.92 Å². The summed E-state index contributed by atoms with van der Waals surface area (Å²) in [5.74, 6) is 0.695. The highest BCUT2D eigenvalue weighted by Gasteiger charge is 2.18. The van der Waals surface area contributed by atoms with E-state index >= 15 is 0 Å². The highest BCUT2D eigenvalue weighted by atomic mass is 32.1. The number of hydrogen-bond acceptors (Lipinski definition) is 6. The number of anilines is 1. The lowest BCUT2D eigenvalue weighted by atomic mass is 9.87. The molecule has 1 amide bonds. The monoisotopic (exact) mass is 461 g/mol. The minimum Gasteiger partial charge on any atom is -0.495 e. The van der Waals surface area contributed by atoms with Crippen LogP contribution in [0.4, 0.5) is 5.69 Å². The van der Waals surface area contributed by atoms with E-state index in [1.807, 2.05) is 23.6 Å². The van der Waals surface area contributed by atoms with E-state index < -0.39 is 0 Å². The molecule has 0 radical (unpaired) electrons. The molecule has 0 saturated carbocycles. The maximum absolute atomic E-state index is 12.7. The molecule has 0 saturated heterocycles. The Morgan fingerprint density at radius 2 is 1.85 bits per heavy atom. The molecule has 2 aromatic heterocycles. The van der Waals surface area contributed by atoms with Gasteiger partial charge in [-0.1, -0.05) is 56.7 Å². The van der Waals surface area contributed by atoms with E-state index in [4.69, 9.17) is 9.47 Å². The number of rotatable bonds is 6. The van der Waals surface area contributed by atoms with Gasteiger partial charge in [-0.3, -0.25) is 4.79 Å². The molecule has 4 aromatic rings. The van der Waals surface area contributed by atoms with E-state index in [1.165, 1.54) is 23.2 Å². The third-order valence-electron chi connectivity index (χ3n) is 5.38. The fourth-order valence-corrected chi connectivity index (χ4v) is 4.40. The maximum atomic E-state index is 12.7. The van der Waals surface area contributed by atoms with Crippen LogP contribution in [0.25, 0.3) is 21.3 Å². The van der Waals surface area contributed by atoms with Crippen LogP contribution in [0.1, 0.15) is 31.9 Å². The zero-order valence-electron chi connectivity index (χ0n) is 19.4. The van der Waals surface area contributed by atoms with Crippen molar-refractivity contribution in [1.82, 2.24) is 9.97 Å².